The van der Waals surface area contributed by atoms with Gasteiger partial charge in [-0.2, -0.15) is 0 Å². The van der Waals surface area contributed by atoms with E-state index in [1.807, 2.05) is 34.6 Å². The van der Waals surface area contributed by atoms with Crippen LogP contribution >= 0.6 is 0 Å². The predicted molar refractivity (Wildman–Crippen MR) is 102 cm³/mol. The molecule has 0 N–H and O–H groups in total. The Morgan fingerprint density at radius 1 is 1.28 bits per heavy atom. The van der Waals surface area contributed by atoms with E-state index in [-0.39, 0.29) is 33.4 Å². The lowest BCUT2D eigenvalue weighted by Crippen LogP contribution is -2.42. The summed E-state index contributed by atoms with van der Waals surface area (Å²) in [5, 5.41) is 0. The molecule has 0 amide bonds. The second-order valence-electron chi connectivity index (χ2n) is 9.17. The summed E-state index contributed by atoms with van der Waals surface area (Å²) in [6, 6.07) is 0. The van der Waals surface area contributed by atoms with Crippen LogP contribution < -0.4 is 0 Å². The van der Waals surface area contributed by atoms with Gasteiger partial charge in [0.15, 0.2) is 11.5 Å². The maximum atomic E-state index is 11.8. The van der Waals surface area contributed by atoms with Gasteiger partial charge in [-0.05, 0) is 35.1 Å². The van der Waals surface area contributed by atoms with Gasteiger partial charge < -0.3 is 4.55 Å². The molecule has 2 aliphatic carbocycles. The highest BCUT2D eigenvalue weighted by Gasteiger charge is 2.64. The lowest BCUT2D eigenvalue weighted by Gasteiger charge is -2.37. The van der Waals surface area contributed by atoms with E-state index in [2.05, 4.69) is 12.5 Å². The normalized spacial score (nSPS) is 28.0. The molecule has 2 bridgehead atoms. The van der Waals surface area contributed by atoms with Crippen molar-refractivity contribution in [1.29, 1.82) is 0 Å². The van der Waals surface area contributed by atoms with Gasteiger partial charge in [-0.3, -0.25) is 9.59 Å². The van der Waals surface area contributed by atoms with Crippen LogP contribution in [0.15, 0.2) is 0 Å². The van der Waals surface area contributed by atoms with Crippen molar-refractivity contribution in [2.45, 2.75) is 53.9 Å². The van der Waals surface area contributed by atoms with E-state index in [1.54, 1.807) is 0 Å². The fourth-order valence-electron chi connectivity index (χ4n) is 3.89. The fraction of sp³-hybridized carbons (Fsp3) is 0.889. The van der Waals surface area contributed by atoms with Gasteiger partial charge in [0.05, 0.1) is 28.4 Å². The van der Waals surface area contributed by atoms with Gasteiger partial charge in [0.25, 0.3) is 0 Å². The number of carbonyl (C=O) groups is 2. The molecule has 2 unspecified atom stereocenters. The molecule has 0 saturated heterocycles. The van der Waals surface area contributed by atoms with E-state index in [1.165, 1.54) is 0 Å². The smallest absolute Gasteiger partial charge is 0.187 e. The second kappa shape index (κ2) is 7.31. The van der Waals surface area contributed by atoms with Gasteiger partial charge in [-0.1, -0.05) is 34.6 Å². The maximum Gasteiger partial charge on any atom is 0.187 e. The van der Waals surface area contributed by atoms with E-state index in [4.69, 9.17) is 0 Å². The molecule has 2 aliphatic rings. The zero-order valence-electron chi connectivity index (χ0n) is 16.5. The zero-order valence-corrected chi connectivity index (χ0v) is 18.1. The van der Waals surface area contributed by atoms with Gasteiger partial charge in [0, 0.05) is 17.3 Å². The van der Waals surface area contributed by atoms with Crippen molar-refractivity contribution in [2.75, 3.05) is 24.0 Å². The highest BCUT2D eigenvalue weighted by atomic mass is 32.2. The molecular weight excluding hydrogens is 360 g/mol. The number of ketones is 2. The lowest BCUT2D eigenvalue weighted by atomic mass is 9.70. The van der Waals surface area contributed by atoms with Gasteiger partial charge in [0.1, 0.15) is 5.78 Å². The fourth-order valence-corrected chi connectivity index (χ4v) is 6.13. The molecule has 2 atom stereocenters. The molecular formula is C18H32O5S2. The van der Waals surface area contributed by atoms with Crippen molar-refractivity contribution in [3.8, 4) is 0 Å². The first kappa shape index (κ1) is 22.6. The summed E-state index contributed by atoms with van der Waals surface area (Å²) >= 11 is 0. The Morgan fingerprint density at radius 2 is 1.80 bits per heavy atom. The van der Waals surface area contributed by atoms with Gasteiger partial charge in [-0.15, -0.1) is 0 Å². The van der Waals surface area contributed by atoms with Crippen LogP contribution in [0.4, 0.5) is 0 Å². The molecule has 146 valence electrons. The van der Waals surface area contributed by atoms with Crippen LogP contribution in [0.25, 0.3) is 0 Å². The molecule has 0 radical (unpaired) electrons. The summed E-state index contributed by atoms with van der Waals surface area (Å²) in [5.74, 6) is 0.835. The molecule has 7 heteroatoms. The first-order valence-corrected chi connectivity index (χ1v) is 12.4. The third kappa shape index (κ3) is 5.07. The minimum atomic E-state index is -4.33. The Hall–Kier alpha value is -0.400. The van der Waals surface area contributed by atoms with E-state index in [0.29, 0.717) is 18.6 Å². The van der Waals surface area contributed by atoms with Crippen LogP contribution in [-0.4, -0.2) is 48.6 Å². The molecule has 2 rings (SSSR count). The van der Waals surface area contributed by atoms with Crippen molar-refractivity contribution in [2.24, 2.45) is 22.2 Å². The summed E-state index contributed by atoms with van der Waals surface area (Å²) in [5.41, 5.74) is -1.36. The summed E-state index contributed by atoms with van der Waals surface area (Å²) < 4.78 is 32.7. The number of hydrogen-bond donors (Lipinski definition) is 0. The molecule has 0 spiro atoms. The van der Waals surface area contributed by atoms with Crippen LogP contribution in [0.1, 0.15) is 53.9 Å². The van der Waals surface area contributed by atoms with Crippen molar-refractivity contribution in [3.63, 3.8) is 0 Å². The predicted octanol–water partition coefficient (Wildman–Crippen LogP) is 2.41. The Labute approximate surface area is 155 Å². The van der Waals surface area contributed by atoms with Gasteiger partial charge in [0.2, 0.25) is 0 Å². The lowest BCUT2D eigenvalue weighted by molar-refractivity contribution is -0.128. The summed E-state index contributed by atoms with van der Waals surface area (Å²) in [6.45, 7) is 9.76. The quantitative estimate of drug-likeness (QED) is 0.541. The second-order valence-corrected chi connectivity index (χ2v) is 12.8. The SMILES string of the molecule is CC1(C)C2CCC1(CS(=O)(=O)[O-])C(=O)C2.C[S+](C)CC(=O)C(C)(C)C. The van der Waals surface area contributed by atoms with Crippen LogP contribution in [0, 0.1) is 22.2 Å². The molecule has 2 saturated carbocycles. The van der Waals surface area contributed by atoms with Crippen LogP contribution in [0.5, 0.6) is 0 Å². The zero-order chi connectivity index (χ0) is 19.8. The van der Waals surface area contributed by atoms with Crippen LogP contribution in [0.3, 0.4) is 0 Å². The van der Waals surface area contributed by atoms with Crippen molar-refractivity contribution < 1.29 is 22.6 Å². The third-order valence-corrected chi connectivity index (χ3v) is 7.50. The maximum absolute atomic E-state index is 11.8. The average Bonchev–Trinajstić information content (AvgIpc) is 2.69. The number of hydrogen-bond acceptors (Lipinski definition) is 5. The Morgan fingerprint density at radius 3 is 2.04 bits per heavy atom. The van der Waals surface area contributed by atoms with E-state index >= 15 is 0 Å². The molecule has 25 heavy (non-hydrogen) atoms. The first-order chi connectivity index (χ1) is 11.0. The minimum absolute atomic E-state index is 0.0248. The van der Waals surface area contributed by atoms with E-state index < -0.39 is 21.3 Å². The largest absolute Gasteiger partial charge is 0.748 e. The van der Waals surface area contributed by atoms with E-state index in [9.17, 15) is 22.6 Å². The number of carbonyl (C=O) groups excluding carboxylic acids is 2. The van der Waals surface area contributed by atoms with Crippen LogP contribution in [-0.2, 0) is 30.6 Å². The third-order valence-electron chi connectivity index (χ3n) is 5.82. The Bertz CT molecular complexity index is 628. The highest BCUT2D eigenvalue weighted by molar-refractivity contribution is 7.96. The molecule has 0 aromatic carbocycles. The minimum Gasteiger partial charge on any atom is -0.748 e. The molecule has 2 fully saturated rings. The Balaban J connectivity index is 0.000000275. The number of Topliss-reactive ketones (excluding diaryl/α,β-unsaturated/α-hetero) is 2. The van der Waals surface area contributed by atoms with Crippen LogP contribution in [0.2, 0.25) is 0 Å². The summed E-state index contributed by atoms with van der Waals surface area (Å²) in [6.07, 6.45) is 6.08. The molecule has 0 heterocycles. The molecule has 5 nitrogen and oxygen atoms in total. The average molecular weight is 393 g/mol. The van der Waals surface area contributed by atoms with E-state index in [0.717, 1.165) is 12.2 Å². The Kier molecular flexibility index (Phi) is 6.62. The topological polar surface area (TPSA) is 91.3 Å². The monoisotopic (exact) mass is 392 g/mol. The van der Waals surface area contributed by atoms with Gasteiger partial charge in [-0.25, -0.2) is 8.42 Å². The first-order valence-electron chi connectivity index (χ1n) is 8.57. The summed E-state index contributed by atoms with van der Waals surface area (Å²) in [7, 11) is -4.07. The van der Waals surface area contributed by atoms with Crippen molar-refractivity contribution >= 4 is 32.6 Å². The number of rotatable bonds is 4. The summed E-state index contributed by atoms with van der Waals surface area (Å²) in [4.78, 5) is 23.1. The molecule has 0 aromatic heterocycles. The van der Waals surface area contributed by atoms with Crippen molar-refractivity contribution in [3.05, 3.63) is 0 Å². The molecule has 0 aromatic rings. The standard InChI is InChI=1S/C10H16O4S.C8H17OS/c1-9(2)7-3-4-10(9,8(11)5-7)6-15(12,13)14;1-8(2,3)7(9)6-10(4)5/h7H,3-6H2,1-2H3,(H,12,13,14);6H2,1-5H3/q;+1/p-1. The van der Waals surface area contributed by atoms with Gasteiger partial charge >= 0.3 is 0 Å². The highest BCUT2D eigenvalue weighted by Crippen LogP contribution is 2.64. The number of fused-ring (bicyclic) bond motifs is 2. The molecule has 0 aliphatic heterocycles. The van der Waals surface area contributed by atoms with Crippen molar-refractivity contribution in [1.82, 2.24) is 0 Å².